The highest BCUT2D eigenvalue weighted by Gasteiger charge is 2.08. The zero-order chi connectivity index (χ0) is 11.3. The minimum Gasteiger partial charge on any atom is -0.493 e. The van der Waals surface area contributed by atoms with Gasteiger partial charge in [-0.15, -0.1) is 11.6 Å². The molecule has 0 aliphatic carbocycles. The van der Waals surface area contributed by atoms with Crippen molar-refractivity contribution in [2.75, 3.05) is 20.1 Å². The van der Waals surface area contributed by atoms with Gasteiger partial charge in [-0.1, -0.05) is 12.2 Å². The van der Waals surface area contributed by atoms with E-state index in [1.165, 1.54) is 20.3 Å². The Balaban J connectivity index is 3.13. The summed E-state index contributed by atoms with van der Waals surface area (Å²) in [7, 11) is 2.97. The first-order valence-electron chi connectivity index (χ1n) is 4.37. The molecule has 0 saturated carbocycles. The van der Waals surface area contributed by atoms with E-state index in [2.05, 4.69) is 0 Å². The fourth-order valence-electron chi connectivity index (χ4n) is 1.17. The number of alkyl halides is 1. The predicted octanol–water partition coefficient (Wildman–Crippen LogP) is 3.09. The molecule has 82 valence electrons. The average molecular weight is 231 g/mol. The van der Waals surface area contributed by atoms with Gasteiger partial charge in [-0.05, 0) is 6.07 Å². The first kappa shape index (κ1) is 11.9. The Labute approximate surface area is 93.3 Å². The van der Waals surface area contributed by atoms with Crippen LogP contribution in [-0.4, -0.2) is 20.1 Å². The van der Waals surface area contributed by atoms with E-state index in [0.717, 1.165) is 0 Å². The molecule has 0 N–H and O–H groups in total. The molecule has 0 fully saturated rings. The third kappa shape index (κ3) is 2.86. The van der Waals surface area contributed by atoms with Gasteiger partial charge in [-0.25, -0.2) is 4.39 Å². The van der Waals surface area contributed by atoms with Crippen LogP contribution in [-0.2, 0) is 0 Å². The van der Waals surface area contributed by atoms with Crippen molar-refractivity contribution in [3.05, 3.63) is 29.6 Å². The van der Waals surface area contributed by atoms with Crippen LogP contribution in [0, 0.1) is 5.82 Å². The topological polar surface area (TPSA) is 18.5 Å². The molecule has 2 nitrogen and oxygen atoms in total. The molecular weight excluding hydrogens is 219 g/mol. The Kier molecular flexibility index (Phi) is 4.43. The van der Waals surface area contributed by atoms with Crippen LogP contribution in [0.2, 0.25) is 0 Å². The van der Waals surface area contributed by atoms with Gasteiger partial charge in [0.2, 0.25) is 0 Å². The van der Waals surface area contributed by atoms with E-state index in [1.807, 2.05) is 0 Å². The highest BCUT2D eigenvalue weighted by atomic mass is 35.5. The summed E-state index contributed by atoms with van der Waals surface area (Å²) >= 11 is 5.47. The number of hydrogen-bond acceptors (Lipinski definition) is 2. The molecule has 1 aromatic rings. The quantitative estimate of drug-likeness (QED) is 0.740. The largest absolute Gasteiger partial charge is 0.493 e. The van der Waals surface area contributed by atoms with Gasteiger partial charge in [0.25, 0.3) is 0 Å². The highest BCUT2D eigenvalue weighted by molar-refractivity contribution is 6.19. The minimum atomic E-state index is -0.367. The molecule has 0 aliphatic rings. The lowest BCUT2D eigenvalue weighted by molar-refractivity contribution is 0.352. The van der Waals surface area contributed by atoms with Gasteiger partial charge in [-0.2, -0.15) is 0 Å². The van der Waals surface area contributed by atoms with Crippen LogP contribution in [0.15, 0.2) is 18.2 Å². The Morgan fingerprint density at radius 1 is 1.27 bits per heavy atom. The van der Waals surface area contributed by atoms with Crippen molar-refractivity contribution < 1.29 is 13.9 Å². The van der Waals surface area contributed by atoms with Crippen molar-refractivity contribution in [3.8, 4) is 11.5 Å². The maximum absolute atomic E-state index is 13.4. The van der Waals surface area contributed by atoms with Crippen LogP contribution in [0.1, 0.15) is 5.56 Å². The number of benzene rings is 1. The third-order valence-corrected chi connectivity index (χ3v) is 2.07. The van der Waals surface area contributed by atoms with E-state index in [0.29, 0.717) is 22.9 Å². The molecule has 0 atom stereocenters. The molecule has 0 radical (unpaired) electrons. The fourth-order valence-corrected chi connectivity index (χ4v) is 1.26. The van der Waals surface area contributed by atoms with Gasteiger partial charge in [0.05, 0.1) is 14.2 Å². The summed E-state index contributed by atoms with van der Waals surface area (Å²) in [4.78, 5) is 0. The van der Waals surface area contributed by atoms with Gasteiger partial charge in [-0.3, -0.25) is 0 Å². The number of halogens is 2. The van der Waals surface area contributed by atoms with Gasteiger partial charge in [0.15, 0.2) is 11.5 Å². The van der Waals surface area contributed by atoms with Crippen molar-refractivity contribution in [3.63, 3.8) is 0 Å². The molecule has 0 amide bonds. The number of ether oxygens (including phenoxy) is 2. The summed E-state index contributed by atoms with van der Waals surface area (Å²) < 4.78 is 23.5. The van der Waals surface area contributed by atoms with Gasteiger partial charge in [0.1, 0.15) is 5.82 Å². The smallest absolute Gasteiger partial charge is 0.163 e. The molecule has 0 saturated heterocycles. The van der Waals surface area contributed by atoms with Crippen molar-refractivity contribution in [1.29, 1.82) is 0 Å². The van der Waals surface area contributed by atoms with E-state index >= 15 is 0 Å². The van der Waals surface area contributed by atoms with Crippen LogP contribution >= 0.6 is 11.6 Å². The summed E-state index contributed by atoms with van der Waals surface area (Å²) in [5, 5.41) is 0. The molecule has 1 aromatic carbocycles. The monoisotopic (exact) mass is 230 g/mol. The number of rotatable bonds is 4. The van der Waals surface area contributed by atoms with E-state index in [9.17, 15) is 4.39 Å². The molecule has 4 heteroatoms. The number of allylic oxidation sites excluding steroid dienone is 1. The molecule has 15 heavy (non-hydrogen) atoms. The van der Waals surface area contributed by atoms with Crippen molar-refractivity contribution in [2.45, 2.75) is 0 Å². The summed E-state index contributed by atoms with van der Waals surface area (Å²) in [6.45, 7) is 0. The third-order valence-electron chi connectivity index (χ3n) is 1.89. The Hall–Kier alpha value is -1.22. The van der Waals surface area contributed by atoms with Crippen LogP contribution in [0.4, 0.5) is 4.39 Å². The van der Waals surface area contributed by atoms with Gasteiger partial charge < -0.3 is 9.47 Å². The van der Waals surface area contributed by atoms with Gasteiger partial charge in [0, 0.05) is 17.5 Å². The summed E-state index contributed by atoms with van der Waals surface area (Å²) in [5.74, 6) is 0.841. The Bertz CT molecular complexity index is 364. The lowest BCUT2D eigenvalue weighted by atomic mass is 10.1. The van der Waals surface area contributed by atoms with E-state index in [1.54, 1.807) is 18.2 Å². The Morgan fingerprint density at radius 2 is 1.87 bits per heavy atom. The summed E-state index contributed by atoms with van der Waals surface area (Å²) in [6.07, 6.45) is 3.26. The lowest BCUT2D eigenvalue weighted by Crippen LogP contribution is -1.93. The zero-order valence-electron chi connectivity index (χ0n) is 8.59. The minimum absolute atomic E-state index is 0.341. The van der Waals surface area contributed by atoms with E-state index in [-0.39, 0.29) is 5.82 Å². The average Bonchev–Trinajstić information content (AvgIpc) is 2.27. The molecule has 1 rings (SSSR count). The molecular formula is C11H12ClFO2. The molecule has 0 spiro atoms. The SMILES string of the molecule is COc1cc(F)c(C=CCCl)cc1OC. The molecule has 0 unspecified atom stereocenters. The van der Waals surface area contributed by atoms with Crippen molar-refractivity contribution in [2.24, 2.45) is 0 Å². The maximum Gasteiger partial charge on any atom is 0.163 e. The van der Waals surface area contributed by atoms with Crippen molar-refractivity contribution >= 4 is 17.7 Å². The molecule has 0 heterocycles. The highest BCUT2D eigenvalue weighted by Crippen LogP contribution is 2.30. The van der Waals surface area contributed by atoms with Crippen molar-refractivity contribution in [1.82, 2.24) is 0 Å². The maximum atomic E-state index is 13.4. The van der Waals surface area contributed by atoms with Crippen LogP contribution in [0.25, 0.3) is 6.08 Å². The van der Waals surface area contributed by atoms with E-state index in [4.69, 9.17) is 21.1 Å². The zero-order valence-corrected chi connectivity index (χ0v) is 9.34. The van der Waals surface area contributed by atoms with Crippen LogP contribution in [0.5, 0.6) is 11.5 Å². The lowest BCUT2D eigenvalue weighted by Gasteiger charge is -2.08. The predicted molar refractivity (Wildman–Crippen MR) is 59.3 cm³/mol. The normalized spacial score (nSPS) is 10.7. The van der Waals surface area contributed by atoms with Crippen LogP contribution < -0.4 is 9.47 Å². The standard InChI is InChI=1S/C11H12ClFO2/c1-14-10-6-8(4-3-5-12)9(13)7-11(10)15-2/h3-4,6-7H,5H2,1-2H3. The van der Waals surface area contributed by atoms with Gasteiger partial charge >= 0.3 is 0 Å². The second-order valence-corrected chi connectivity index (χ2v) is 3.09. The molecule has 0 aromatic heterocycles. The second kappa shape index (κ2) is 5.61. The number of methoxy groups -OCH3 is 2. The first-order valence-corrected chi connectivity index (χ1v) is 4.90. The fraction of sp³-hybridized carbons (Fsp3) is 0.273. The van der Waals surface area contributed by atoms with Crippen LogP contribution in [0.3, 0.4) is 0 Å². The summed E-state index contributed by atoms with van der Waals surface area (Å²) in [6, 6.07) is 2.85. The second-order valence-electron chi connectivity index (χ2n) is 2.79. The first-order chi connectivity index (χ1) is 7.22. The van der Waals surface area contributed by atoms with E-state index < -0.39 is 0 Å². The molecule has 0 bridgehead atoms. The summed E-state index contributed by atoms with van der Waals surface area (Å²) in [5.41, 5.74) is 0.424. The number of hydrogen-bond donors (Lipinski definition) is 0. The Morgan fingerprint density at radius 3 is 2.40 bits per heavy atom. The molecule has 0 aliphatic heterocycles.